The van der Waals surface area contributed by atoms with Gasteiger partial charge in [0, 0.05) is 5.92 Å². The van der Waals surface area contributed by atoms with Crippen molar-refractivity contribution in [1.82, 2.24) is 4.90 Å². The van der Waals surface area contributed by atoms with Gasteiger partial charge in [-0.1, -0.05) is 13.8 Å². The van der Waals surface area contributed by atoms with Gasteiger partial charge in [-0.2, -0.15) is 0 Å². The van der Waals surface area contributed by atoms with Crippen LogP contribution in [0.15, 0.2) is 0 Å². The summed E-state index contributed by atoms with van der Waals surface area (Å²) in [7, 11) is 2.08. The third kappa shape index (κ3) is 4.96. The first-order valence-corrected chi connectivity index (χ1v) is 4.27. The molecule has 0 spiro atoms. The summed E-state index contributed by atoms with van der Waals surface area (Å²) in [6.07, 6.45) is 0.986. The van der Waals surface area contributed by atoms with Crippen LogP contribution in [0.3, 0.4) is 0 Å². The normalized spacial score (nSPS) is 13.5. The molecule has 2 nitrogen and oxygen atoms in total. The summed E-state index contributed by atoms with van der Waals surface area (Å²) in [6.45, 7) is 7.86. The van der Waals surface area contributed by atoms with E-state index in [1.807, 2.05) is 6.92 Å². The Balaban J connectivity index is 3.45. The predicted octanol–water partition coefficient (Wildman–Crippen LogP) is 1.55. The second-order valence-corrected chi connectivity index (χ2v) is 3.20. The van der Waals surface area contributed by atoms with Crippen molar-refractivity contribution in [2.24, 2.45) is 5.92 Å². The van der Waals surface area contributed by atoms with Gasteiger partial charge in [-0.25, -0.2) is 0 Å². The van der Waals surface area contributed by atoms with Gasteiger partial charge in [0.15, 0.2) is 0 Å². The molecule has 2 heteroatoms. The molecular weight excluding hydrogens is 138 g/mol. The molecule has 0 rings (SSSR count). The Morgan fingerprint density at radius 3 is 2.45 bits per heavy atom. The van der Waals surface area contributed by atoms with Crippen LogP contribution >= 0.6 is 0 Å². The zero-order chi connectivity index (χ0) is 8.85. The Morgan fingerprint density at radius 1 is 1.55 bits per heavy atom. The van der Waals surface area contributed by atoms with Gasteiger partial charge in [-0.05, 0) is 33.5 Å². The minimum Gasteiger partial charge on any atom is -0.307 e. The van der Waals surface area contributed by atoms with Crippen molar-refractivity contribution in [1.29, 1.82) is 0 Å². The van der Waals surface area contributed by atoms with E-state index in [2.05, 4.69) is 18.9 Å². The Labute approximate surface area is 69.6 Å². The molecule has 66 valence electrons. The first-order valence-electron chi connectivity index (χ1n) is 4.27. The van der Waals surface area contributed by atoms with Gasteiger partial charge in [-0.15, -0.1) is 0 Å². The molecule has 1 unspecified atom stereocenters. The molecule has 0 bridgehead atoms. The van der Waals surface area contributed by atoms with E-state index >= 15 is 0 Å². The number of ketones is 1. The molecule has 0 N–H and O–H groups in total. The maximum Gasteiger partial charge on any atom is 0.132 e. The fourth-order valence-electron chi connectivity index (χ4n) is 0.775. The highest BCUT2D eigenvalue weighted by molar-refractivity contribution is 5.77. The minimum absolute atomic E-state index is 0.226. The van der Waals surface area contributed by atoms with Gasteiger partial charge >= 0.3 is 0 Å². The van der Waals surface area contributed by atoms with Crippen LogP contribution in [0.4, 0.5) is 0 Å². The van der Waals surface area contributed by atoms with E-state index in [9.17, 15) is 4.79 Å². The fraction of sp³-hybridized carbons (Fsp3) is 0.889. The third-order valence-corrected chi connectivity index (χ3v) is 2.18. The van der Waals surface area contributed by atoms with Crippen LogP contribution < -0.4 is 0 Å². The number of hydrogen-bond acceptors (Lipinski definition) is 2. The van der Waals surface area contributed by atoms with Crippen LogP contribution in [-0.2, 0) is 4.79 Å². The molecule has 0 heterocycles. The van der Waals surface area contributed by atoms with Crippen molar-refractivity contribution in [3.05, 3.63) is 0 Å². The summed E-state index contributed by atoms with van der Waals surface area (Å²) in [5.41, 5.74) is 0. The Morgan fingerprint density at radius 2 is 2.09 bits per heavy atom. The second kappa shape index (κ2) is 5.30. The predicted molar refractivity (Wildman–Crippen MR) is 47.6 cm³/mol. The van der Waals surface area contributed by atoms with E-state index in [1.165, 1.54) is 0 Å². The van der Waals surface area contributed by atoms with E-state index in [0.29, 0.717) is 5.78 Å². The lowest BCUT2D eigenvalue weighted by atomic mass is 10.0. The molecule has 0 aromatic heterocycles. The zero-order valence-electron chi connectivity index (χ0n) is 8.05. The first kappa shape index (κ1) is 10.6. The molecule has 0 amide bonds. The lowest BCUT2D eigenvalue weighted by Gasteiger charge is -2.15. The molecular formula is C9H19NO. The molecule has 0 saturated carbocycles. The molecule has 0 aromatic carbocycles. The van der Waals surface area contributed by atoms with Gasteiger partial charge in [0.1, 0.15) is 5.78 Å². The highest BCUT2D eigenvalue weighted by Gasteiger charge is 2.07. The van der Waals surface area contributed by atoms with Gasteiger partial charge < -0.3 is 4.90 Å². The smallest absolute Gasteiger partial charge is 0.132 e. The van der Waals surface area contributed by atoms with Gasteiger partial charge in [0.25, 0.3) is 0 Å². The van der Waals surface area contributed by atoms with E-state index in [4.69, 9.17) is 0 Å². The van der Waals surface area contributed by atoms with E-state index in [-0.39, 0.29) is 5.92 Å². The molecule has 1 atom stereocenters. The number of carbonyl (C=O) groups excluding carboxylic acids is 1. The van der Waals surface area contributed by atoms with Crippen LogP contribution in [0.25, 0.3) is 0 Å². The Hall–Kier alpha value is -0.370. The molecule has 0 aliphatic rings. The van der Waals surface area contributed by atoms with Crippen molar-refractivity contribution in [3.8, 4) is 0 Å². The number of carbonyl (C=O) groups is 1. The number of Topliss-reactive ketones (excluding diaryl/α,β-unsaturated/α-hetero) is 1. The third-order valence-electron chi connectivity index (χ3n) is 2.18. The standard InChI is InChI=1S/C9H19NO/c1-5-10(4)7-6-8(2)9(3)11/h8H,5-7H2,1-4H3. The lowest BCUT2D eigenvalue weighted by molar-refractivity contribution is -0.120. The van der Waals surface area contributed by atoms with Crippen LogP contribution in [0.5, 0.6) is 0 Å². The average molecular weight is 157 g/mol. The summed E-state index contributed by atoms with van der Waals surface area (Å²) >= 11 is 0. The van der Waals surface area contributed by atoms with Crippen LogP contribution in [0.2, 0.25) is 0 Å². The maximum absolute atomic E-state index is 10.8. The Kier molecular flexibility index (Phi) is 5.12. The van der Waals surface area contributed by atoms with E-state index < -0.39 is 0 Å². The van der Waals surface area contributed by atoms with Crippen LogP contribution in [0, 0.1) is 5.92 Å². The summed E-state index contributed by atoms with van der Waals surface area (Å²) in [5, 5.41) is 0. The van der Waals surface area contributed by atoms with Crippen molar-refractivity contribution in [2.75, 3.05) is 20.1 Å². The number of nitrogens with zero attached hydrogens (tertiary/aromatic N) is 1. The van der Waals surface area contributed by atoms with Crippen molar-refractivity contribution >= 4 is 5.78 Å². The van der Waals surface area contributed by atoms with Gasteiger partial charge in [0.2, 0.25) is 0 Å². The van der Waals surface area contributed by atoms with Crippen molar-refractivity contribution in [2.45, 2.75) is 27.2 Å². The Bertz CT molecular complexity index is 123. The molecule has 0 aliphatic heterocycles. The van der Waals surface area contributed by atoms with Gasteiger partial charge in [-0.3, -0.25) is 4.79 Å². The van der Waals surface area contributed by atoms with Crippen LogP contribution in [0.1, 0.15) is 27.2 Å². The lowest BCUT2D eigenvalue weighted by Crippen LogP contribution is -2.22. The average Bonchev–Trinajstić information content (AvgIpc) is 1.99. The molecule has 0 aromatic rings. The van der Waals surface area contributed by atoms with Crippen molar-refractivity contribution < 1.29 is 4.79 Å². The van der Waals surface area contributed by atoms with Crippen LogP contribution in [-0.4, -0.2) is 30.8 Å². The topological polar surface area (TPSA) is 20.3 Å². The highest BCUT2D eigenvalue weighted by Crippen LogP contribution is 2.03. The molecule has 0 saturated heterocycles. The maximum atomic E-state index is 10.8. The zero-order valence-corrected chi connectivity index (χ0v) is 8.05. The molecule has 0 radical (unpaired) electrons. The summed E-state index contributed by atoms with van der Waals surface area (Å²) in [5.74, 6) is 0.526. The second-order valence-electron chi connectivity index (χ2n) is 3.20. The van der Waals surface area contributed by atoms with E-state index in [1.54, 1.807) is 6.92 Å². The van der Waals surface area contributed by atoms with Crippen molar-refractivity contribution in [3.63, 3.8) is 0 Å². The SMILES string of the molecule is CCN(C)CCC(C)C(C)=O. The number of hydrogen-bond donors (Lipinski definition) is 0. The quantitative estimate of drug-likeness (QED) is 0.603. The monoisotopic (exact) mass is 157 g/mol. The fourth-order valence-corrected chi connectivity index (χ4v) is 0.775. The number of rotatable bonds is 5. The summed E-state index contributed by atoms with van der Waals surface area (Å²) < 4.78 is 0. The first-order chi connectivity index (χ1) is 5.07. The molecule has 0 fully saturated rings. The van der Waals surface area contributed by atoms with Gasteiger partial charge in [0.05, 0.1) is 0 Å². The minimum atomic E-state index is 0.226. The molecule has 0 aliphatic carbocycles. The molecule has 11 heavy (non-hydrogen) atoms. The largest absolute Gasteiger partial charge is 0.307 e. The summed E-state index contributed by atoms with van der Waals surface area (Å²) in [4.78, 5) is 13.0. The van der Waals surface area contributed by atoms with E-state index in [0.717, 1.165) is 19.5 Å². The summed E-state index contributed by atoms with van der Waals surface area (Å²) in [6, 6.07) is 0. The highest BCUT2D eigenvalue weighted by atomic mass is 16.1.